The molecule has 1 saturated carbocycles. The molecule has 1 rings (SSSR count). The van der Waals surface area contributed by atoms with E-state index in [2.05, 4.69) is 0 Å². The standard InChI is InChI=1S/C6H8O2.Na.H/c7-5-3-1-2-4-6(5)8;;/h1-4H2;;/q;+1;-1. The van der Waals surface area contributed by atoms with Gasteiger partial charge in [-0.05, 0) is 12.8 Å². The van der Waals surface area contributed by atoms with Crippen molar-refractivity contribution < 1.29 is 40.6 Å². The van der Waals surface area contributed by atoms with Crippen LogP contribution < -0.4 is 29.6 Å². The van der Waals surface area contributed by atoms with E-state index in [4.69, 9.17) is 0 Å². The van der Waals surface area contributed by atoms with Crippen molar-refractivity contribution in [3.63, 3.8) is 0 Å². The first-order chi connectivity index (χ1) is 3.80. The molecule has 0 radical (unpaired) electrons. The van der Waals surface area contributed by atoms with Crippen LogP contribution >= 0.6 is 0 Å². The van der Waals surface area contributed by atoms with Crippen LogP contribution in [0, 0.1) is 0 Å². The zero-order chi connectivity index (χ0) is 5.98. The second-order valence-electron chi connectivity index (χ2n) is 2.05. The van der Waals surface area contributed by atoms with Crippen LogP contribution in [0.5, 0.6) is 0 Å². The maximum atomic E-state index is 10.4. The van der Waals surface area contributed by atoms with Crippen molar-refractivity contribution in [2.24, 2.45) is 0 Å². The molecule has 0 aromatic heterocycles. The molecule has 0 bridgehead atoms. The van der Waals surface area contributed by atoms with E-state index >= 15 is 0 Å². The number of ketones is 2. The van der Waals surface area contributed by atoms with E-state index in [9.17, 15) is 9.59 Å². The Morgan fingerprint density at radius 3 is 1.56 bits per heavy atom. The molecule has 0 aromatic carbocycles. The molecule has 9 heavy (non-hydrogen) atoms. The van der Waals surface area contributed by atoms with Gasteiger partial charge in [0.15, 0.2) is 11.6 Å². The molecule has 2 nitrogen and oxygen atoms in total. The molecular weight excluding hydrogens is 127 g/mol. The second kappa shape index (κ2) is 4.20. The van der Waals surface area contributed by atoms with Crippen molar-refractivity contribution in [3.8, 4) is 0 Å². The Balaban J connectivity index is 0. The molecule has 1 aliphatic carbocycles. The fraction of sp³-hybridized carbons (Fsp3) is 0.667. The van der Waals surface area contributed by atoms with Crippen LogP contribution in [0.4, 0.5) is 0 Å². The molecule has 0 spiro atoms. The SMILES string of the molecule is O=C1CCCCC1=O.[H-].[Na+]. The molecule has 1 fully saturated rings. The van der Waals surface area contributed by atoms with Gasteiger partial charge in [0.05, 0.1) is 0 Å². The number of carbonyl (C=O) groups excluding carboxylic acids is 2. The summed E-state index contributed by atoms with van der Waals surface area (Å²) in [6, 6.07) is 0. The first-order valence-electron chi connectivity index (χ1n) is 2.87. The maximum absolute atomic E-state index is 10.4. The Hall–Kier alpha value is 0.340. The Morgan fingerprint density at radius 1 is 1.00 bits per heavy atom. The summed E-state index contributed by atoms with van der Waals surface area (Å²) in [4.78, 5) is 20.9. The summed E-state index contributed by atoms with van der Waals surface area (Å²) < 4.78 is 0. The van der Waals surface area contributed by atoms with E-state index in [1.165, 1.54) is 0 Å². The van der Waals surface area contributed by atoms with E-state index in [1.807, 2.05) is 0 Å². The average molecular weight is 136 g/mol. The minimum atomic E-state index is -0.170. The van der Waals surface area contributed by atoms with Gasteiger partial charge in [0.1, 0.15) is 0 Å². The summed E-state index contributed by atoms with van der Waals surface area (Å²) in [6.45, 7) is 0. The number of hydrogen-bond donors (Lipinski definition) is 0. The fourth-order valence-electron chi connectivity index (χ4n) is 0.850. The van der Waals surface area contributed by atoms with Gasteiger partial charge in [0, 0.05) is 12.8 Å². The van der Waals surface area contributed by atoms with Crippen LogP contribution in [0.15, 0.2) is 0 Å². The Morgan fingerprint density at radius 2 is 1.33 bits per heavy atom. The monoisotopic (exact) mass is 136 g/mol. The Kier molecular flexibility index (Phi) is 4.36. The van der Waals surface area contributed by atoms with Crippen LogP contribution in [0.25, 0.3) is 0 Å². The minimum Gasteiger partial charge on any atom is -1.00 e. The summed E-state index contributed by atoms with van der Waals surface area (Å²) in [5, 5.41) is 0. The van der Waals surface area contributed by atoms with E-state index in [1.54, 1.807) is 0 Å². The van der Waals surface area contributed by atoms with Crippen molar-refractivity contribution in [2.75, 3.05) is 0 Å². The molecule has 0 aliphatic heterocycles. The predicted octanol–water partition coefficient (Wildman–Crippen LogP) is -2.18. The summed E-state index contributed by atoms with van der Waals surface area (Å²) in [6.07, 6.45) is 2.78. The summed E-state index contributed by atoms with van der Waals surface area (Å²) in [5.74, 6) is -0.340. The van der Waals surface area contributed by atoms with Crippen LogP contribution in [-0.2, 0) is 9.59 Å². The molecule has 0 unspecified atom stereocenters. The number of carbonyl (C=O) groups is 2. The molecule has 0 saturated heterocycles. The van der Waals surface area contributed by atoms with Crippen molar-refractivity contribution in [1.82, 2.24) is 0 Å². The summed E-state index contributed by atoms with van der Waals surface area (Å²) in [5.41, 5.74) is 0. The van der Waals surface area contributed by atoms with Gasteiger partial charge < -0.3 is 1.43 Å². The predicted molar refractivity (Wildman–Crippen MR) is 29.6 cm³/mol. The zero-order valence-corrected chi connectivity index (χ0v) is 7.64. The van der Waals surface area contributed by atoms with E-state index in [0.717, 1.165) is 12.8 Å². The van der Waals surface area contributed by atoms with Crippen molar-refractivity contribution in [2.45, 2.75) is 25.7 Å². The van der Waals surface area contributed by atoms with Crippen LogP contribution in [0.2, 0.25) is 0 Å². The smallest absolute Gasteiger partial charge is 1.00 e. The Bertz CT molecular complexity index is 120. The molecule has 0 atom stereocenters. The molecule has 3 heteroatoms. The van der Waals surface area contributed by atoms with Gasteiger partial charge in [-0.25, -0.2) is 0 Å². The van der Waals surface area contributed by atoms with Crippen LogP contribution in [-0.4, -0.2) is 11.6 Å². The van der Waals surface area contributed by atoms with E-state index in [0.29, 0.717) is 12.8 Å². The Labute approximate surface area is 77.8 Å². The summed E-state index contributed by atoms with van der Waals surface area (Å²) >= 11 is 0. The molecule has 0 N–H and O–H groups in total. The molecular formula is C6H9NaO2. The van der Waals surface area contributed by atoms with Crippen LogP contribution in [0.3, 0.4) is 0 Å². The molecule has 0 heterocycles. The third-order valence-electron chi connectivity index (χ3n) is 1.37. The van der Waals surface area contributed by atoms with Gasteiger partial charge in [-0.2, -0.15) is 0 Å². The number of rotatable bonds is 0. The van der Waals surface area contributed by atoms with Crippen LogP contribution in [0.1, 0.15) is 27.1 Å². The van der Waals surface area contributed by atoms with Gasteiger partial charge in [0.25, 0.3) is 0 Å². The first-order valence-corrected chi connectivity index (χ1v) is 2.87. The summed E-state index contributed by atoms with van der Waals surface area (Å²) in [7, 11) is 0. The van der Waals surface area contributed by atoms with Crippen molar-refractivity contribution >= 4 is 11.6 Å². The van der Waals surface area contributed by atoms with Gasteiger partial charge in [-0.15, -0.1) is 0 Å². The van der Waals surface area contributed by atoms with Gasteiger partial charge in [-0.1, -0.05) is 0 Å². The molecule has 1 aliphatic rings. The van der Waals surface area contributed by atoms with Gasteiger partial charge >= 0.3 is 29.6 Å². The largest absolute Gasteiger partial charge is 1.00 e. The van der Waals surface area contributed by atoms with Gasteiger partial charge in [-0.3, -0.25) is 9.59 Å². The minimum absolute atomic E-state index is 0. The zero-order valence-electron chi connectivity index (χ0n) is 6.64. The van der Waals surface area contributed by atoms with Crippen molar-refractivity contribution in [3.05, 3.63) is 0 Å². The third kappa shape index (κ3) is 2.61. The quantitative estimate of drug-likeness (QED) is 0.280. The topological polar surface area (TPSA) is 34.1 Å². The second-order valence-corrected chi connectivity index (χ2v) is 2.05. The maximum Gasteiger partial charge on any atom is 1.00 e. The van der Waals surface area contributed by atoms with E-state index < -0.39 is 0 Å². The normalized spacial score (nSPS) is 19.1. The molecule has 0 aromatic rings. The first kappa shape index (κ1) is 9.34. The number of hydrogen-bond acceptors (Lipinski definition) is 2. The van der Waals surface area contributed by atoms with Crippen molar-refractivity contribution in [1.29, 1.82) is 0 Å². The fourth-order valence-corrected chi connectivity index (χ4v) is 0.850. The van der Waals surface area contributed by atoms with Gasteiger partial charge in [0.2, 0.25) is 0 Å². The third-order valence-corrected chi connectivity index (χ3v) is 1.37. The number of Topliss-reactive ketones (excluding diaryl/α,β-unsaturated/α-hetero) is 2. The molecule has 0 amide bonds. The van der Waals surface area contributed by atoms with E-state index in [-0.39, 0.29) is 42.6 Å². The average Bonchev–Trinajstić information content (AvgIpc) is 1.77. The molecule has 46 valence electrons.